The van der Waals surface area contributed by atoms with Gasteiger partial charge in [0.25, 0.3) is 0 Å². The summed E-state index contributed by atoms with van der Waals surface area (Å²) in [6, 6.07) is 10.7. The summed E-state index contributed by atoms with van der Waals surface area (Å²) in [4.78, 5) is 31.6. The lowest BCUT2D eigenvalue weighted by molar-refractivity contribution is -0.124. The van der Waals surface area contributed by atoms with Gasteiger partial charge in [-0.15, -0.1) is 0 Å². The Morgan fingerprint density at radius 2 is 2.16 bits per heavy atom. The van der Waals surface area contributed by atoms with Crippen LogP contribution in [0.4, 0.5) is 0 Å². The predicted molar refractivity (Wildman–Crippen MR) is 95.3 cm³/mol. The van der Waals surface area contributed by atoms with E-state index in [1.807, 2.05) is 41.8 Å². The zero-order valence-corrected chi connectivity index (χ0v) is 14.0. The molecule has 128 valence electrons. The van der Waals surface area contributed by atoms with Gasteiger partial charge in [-0.1, -0.05) is 12.1 Å². The lowest BCUT2D eigenvalue weighted by Gasteiger charge is -2.27. The summed E-state index contributed by atoms with van der Waals surface area (Å²) in [6.07, 6.45) is 4.38. The molecule has 6 nitrogen and oxygen atoms in total. The quantitative estimate of drug-likeness (QED) is 0.771. The molecule has 1 aromatic carbocycles. The zero-order valence-electron chi connectivity index (χ0n) is 14.0. The second-order valence-electron chi connectivity index (χ2n) is 6.53. The standard InChI is InChI=1S/C19H20N4O2/c1-12(23-11-20-16-5-2-3-8-17(16)23)19(25)22-15-7-4-6-14-13(15)9-10-18(24)21-14/h2-3,5,8-12,15H,4,6-7H2,1H3,(H,21,24)(H,22,25)/t12-,15-/m0/s1. The molecular formula is C19H20N4O2. The van der Waals surface area contributed by atoms with Gasteiger partial charge in [0, 0.05) is 11.8 Å². The third-order valence-electron chi connectivity index (χ3n) is 4.93. The molecule has 0 saturated heterocycles. The van der Waals surface area contributed by atoms with E-state index in [1.54, 1.807) is 6.33 Å². The van der Waals surface area contributed by atoms with Gasteiger partial charge in [0.15, 0.2) is 0 Å². The number of benzene rings is 1. The van der Waals surface area contributed by atoms with Crippen LogP contribution in [0.1, 0.15) is 43.1 Å². The van der Waals surface area contributed by atoms with E-state index >= 15 is 0 Å². The van der Waals surface area contributed by atoms with Gasteiger partial charge >= 0.3 is 0 Å². The maximum Gasteiger partial charge on any atom is 0.248 e. The molecule has 0 fully saturated rings. The minimum atomic E-state index is -0.361. The van der Waals surface area contributed by atoms with Crippen LogP contribution in [0.15, 0.2) is 47.5 Å². The highest BCUT2D eigenvalue weighted by Gasteiger charge is 2.25. The van der Waals surface area contributed by atoms with Crippen LogP contribution < -0.4 is 10.9 Å². The van der Waals surface area contributed by atoms with Crippen LogP contribution in [-0.2, 0) is 11.2 Å². The highest BCUT2D eigenvalue weighted by molar-refractivity contribution is 5.83. The third-order valence-corrected chi connectivity index (χ3v) is 4.93. The molecule has 2 heterocycles. The van der Waals surface area contributed by atoms with Crippen molar-refractivity contribution in [2.75, 3.05) is 0 Å². The number of hydrogen-bond acceptors (Lipinski definition) is 3. The SMILES string of the molecule is C[C@@H](C(=O)N[C@H]1CCCc2[nH]c(=O)ccc21)n1cnc2ccccc21. The number of aryl methyl sites for hydroxylation is 1. The first-order valence-electron chi connectivity index (χ1n) is 8.57. The van der Waals surface area contributed by atoms with Gasteiger partial charge in [-0.3, -0.25) is 9.59 Å². The molecule has 0 unspecified atom stereocenters. The van der Waals surface area contributed by atoms with Gasteiger partial charge in [-0.2, -0.15) is 0 Å². The van der Waals surface area contributed by atoms with Crippen molar-refractivity contribution in [2.45, 2.75) is 38.3 Å². The van der Waals surface area contributed by atoms with E-state index in [2.05, 4.69) is 15.3 Å². The summed E-state index contributed by atoms with van der Waals surface area (Å²) >= 11 is 0. The van der Waals surface area contributed by atoms with Crippen molar-refractivity contribution in [1.82, 2.24) is 19.9 Å². The molecule has 4 rings (SSSR count). The van der Waals surface area contributed by atoms with Crippen LogP contribution in [0.25, 0.3) is 11.0 Å². The molecular weight excluding hydrogens is 316 g/mol. The van der Waals surface area contributed by atoms with E-state index in [4.69, 9.17) is 0 Å². The normalized spacial score (nSPS) is 17.9. The van der Waals surface area contributed by atoms with E-state index in [-0.39, 0.29) is 23.6 Å². The largest absolute Gasteiger partial charge is 0.347 e. The lowest BCUT2D eigenvalue weighted by atomic mass is 9.91. The van der Waals surface area contributed by atoms with E-state index in [0.29, 0.717) is 0 Å². The molecule has 2 N–H and O–H groups in total. The number of H-pyrrole nitrogens is 1. The molecule has 2 aromatic heterocycles. The summed E-state index contributed by atoms with van der Waals surface area (Å²) in [5.74, 6) is -0.0489. The number of fused-ring (bicyclic) bond motifs is 2. The molecule has 2 atom stereocenters. The monoisotopic (exact) mass is 336 g/mol. The second-order valence-corrected chi connectivity index (χ2v) is 6.53. The highest BCUT2D eigenvalue weighted by Crippen LogP contribution is 2.28. The first kappa shape index (κ1) is 15.6. The second kappa shape index (κ2) is 6.20. The van der Waals surface area contributed by atoms with E-state index in [0.717, 1.165) is 41.6 Å². The Balaban J connectivity index is 1.57. The van der Waals surface area contributed by atoms with Crippen LogP contribution in [0.2, 0.25) is 0 Å². The van der Waals surface area contributed by atoms with Crippen molar-refractivity contribution < 1.29 is 4.79 Å². The Morgan fingerprint density at radius 1 is 1.32 bits per heavy atom. The summed E-state index contributed by atoms with van der Waals surface area (Å²) in [6.45, 7) is 1.88. The molecule has 1 aliphatic rings. The lowest BCUT2D eigenvalue weighted by Crippen LogP contribution is -2.36. The number of pyridine rings is 1. The number of aromatic amines is 1. The average Bonchev–Trinajstić information content (AvgIpc) is 3.05. The van der Waals surface area contributed by atoms with Crippen molar-refractivity contribution in [2.24, 2.45) is 0 Å². The summed E-state index contributed by atoms with van der Waals surface area (Å²) in [7, 11) is 0. The summed E-state index contributed by atoms with van der Waals surface area (Å²) < 4.78 is 1.89. The fourth-order valence-electron chi connectivity index (χ4n) is 3.56. The summed E-state index contributed by atoms with van der Waals surface area (Å²) in [5.41, 5.74) is 3.68. The Bertz CT molecular complexity index is 988. The Kier molecular flexibility index (Phi) is 3.87. The molecule has 6 heteroatoms. The minimum Gasteiger partial charge on any atom is -0.347 e. The maximum atomic E-state index is 12.8. The molecule has 0 saturated carbocycles. The average molecular weight is 336 g/mol. The van der Waals surface area contributed by atoms with Crippen molar-refractivity contribution in [3.05, 3.63) is 64.3 Å². The van der Waals surface area contributed by atoms with Gasteiger partial charge in [-0.05, 0) is 49.9 Å². The van der Waals surface area contributed by atoms with Crippen molar-refractivity contribution >= 4 is 16.9 Å². The van der Waals surface area contributed by atoms with Crippen molar-refractivity contribution in [3.63, 3.8) is 0 Å². The molecule has 1 amide bonds. The molecule has 1 aliphatic carbocycles. The van der Waals surface area contributed by atoms with E-state index in [9.17, 15) is 9.59 Å². The molecule has 3 aromatic rings. The molecule has 0 bridgehead atoms. The predicted octanol–water partition coefficient (Wildman–Crippen LogP) is 2.48. The van der Waals surface area contributed by atoms with E-state index < -0.39 is 0 Å². The van der Waals surface area contributed by atoms with Gasteiger partial charge in [0.1, 0.15) is 6.04 Å². The van der Waals surface area contributed by atoms with Crippen LogP contribution in [0.5, 0.6) is 0 Å². The zero-order chi connectivity index (χ0) is 17.4. The van der Waals surface area contributed by atoms with Crippen LogP contribution in [-0.4, -0.2) is 20.4 Å². The Labute approximate surface area is 144 Å². The number of nitrogens with one attached hydrogen (secondary N) is 2. The van der Waals surface area contributed by atoms with Crippen LogP contribution in [0, 0.1) is 0 Å². The first-order valence-corrected chi connectivity index (χ1v) is 8.57. The Morgan fingerprint density at radius 3 is 3.04 bits per heavy atom. The summed E-state index contributed by atoms with van der Waals surface area (Å²) in [5, 5.41) is 3.14. The molecule has 25 heavy (non-hydrogen) atoms. The fourth-order valence-corrected chi connectivity index (χ4v) is 3.56. The molecule has 0 spiro atoms. The number of para-hydroxylation sites is 2. The number of nitrogens with zero attached hydrogens (tertiary/aromatic N) is 2. The first-order chi connectivity index (χ1) is 12.1. The number of amides is 1. The smallest absolute Gasteiger partial charge is 0.248 e. The molecule has 0 aliphatic heterocycles. The number of rotatable bonds is 3. The minimum absolute atomic E-state index is 0.0489. The van der Waals surface area contributed by atoms with Gasteiger partial charge < -0.3 is 14.9 Å². The number of carbonyl (C=O) groups is 1. The Hall–Kier alpha value is -2.89. The third kappa shape index (κ3) is 2.84. The van der Waals surface area contributed by atoms with Crippen molar-refractivity contribution in [3.8, 4) is 0 Å². The topological polar surface area (TPSA) is 79.8 Å². The number of carbonyl (C=O) groups excluding carboxylic acids is 1. The van der Waals surface area contributed by atoms with Gasteiger partial charge in [0.05, 0.1) is 23.4 Å². The molecule has 0 radical (unpaired) electrons. The van der Waals surface area contributed by atoms with Crippen LogP contribution in [0.3, 0.4) is 0 Å². The number of aromatic nitrogens is 3. The van der Waals surface area contributed by atoms with Crippen LogP contribution >= 0.6 is 0 Å². The van der Waals surface area contributed by atoms with Crippen molar-refractivity contribution in [1.29, 1.82) is 0 Å². The number of imidazole rings is 1. The number of hydrogen-bond donors (Lipinski definition) is 2. The highest BCUT2D eigenvalue weighted by atomic mass is 16.2. The van der Waals surface area contributed by atoms with Gasteiger partial charge in [0.2, 0.25) is 11.5 Å². The van der Waals surface area contributed by atoms with Gasteiger partial charge in [-0.25, -0.2) is 4.98 Å². The fraction of sp³-hybridized carbons (Fsp3) is 0.316. The maximum absolute atomic E-state index is 12.8. The van der Waals surface area contributed by atoms with E-state index in [1.165, 1.54) is 6.07 Å².